The number of hydrogen-bond donors (Lipinski definition) is 3. The van der Waals surface area contributed by atoms with Crippen LogP contribution in [0.3, 0.4) is 0 Å². The molecule has 4 rings (SSSR count). The minimum atomic E-state index is -0.272. The molecule has 3 aromatic rings. The summed E-state index contributed by atoms with van der Waals surface area (Å²) in [6, 6.07) is 5.88. The van der Waals surface area contributed by atoms with E-state index in [1.807, 2.05) is 12.1 Å². The molecular formula is C20H24N6OS2. The maximum absolute atomic E-state index is 12.6. The smallest absolute Gasteiger partial charge is 0.325 e. The van der Waals surface area contributed by atoms with Gasteiger partial charge in [0.25, 0.3) is 0 Å². The number of anilines is 3. The van der Waals surface area contributed by atoms with Crippen molar-refractivity contribution in [2.45, 2.75) is 37.1 Å². The van der Waals surface area contributed by atoms with E-state index in [9.17, 15) is 4.79 Å². The van der Waals surface area contributed by atoms with E-state index >= 15 is 0 Å². The summed E-state index contributed by atoms with van der Waals surface area (Å²) in [4.78, 5) is 27.6. The lowest BCUT2D eigenvalue weighted by molar-refractivity contribution is 0.262. The van der Waals surface area contributed by atoms with Crippen molar-refractivity contribution in [3.63, 3.8) is 0 Å². The summed E-state index contributed by atoms with van der Waals surface area (Å²) in [5.74, 6) is 0.756. The number of H-pyrrole nitrogens is 1. The number of thiazole rings is 1. The second kappa shape index (κ2) is 9.32. The standard InChI is InChI=1S/C20H24N6OS2/c1-14-5-6-16(17(11-14)26-9-3-2-4-10-26)24-18(27)25-20-23-12-15(29-20)13-28-19-21-7-8-22-19/h5-8,11-12H,2-4,9-10,13H2,1H3,(H,21,22)(H2,23,24,25,27). The first kappa shape index (κ1) is 19.8. The Balaban J connectivity index is 1.37. The minimum absolute atomic E-state index is 0.272. The van der Waals surface area contributed by atoms with E-state index in [1.54, 1.807) is 30.4 Å². The monoisotopic (exact) mass is 428 g/mol. The lowest BCUT2D eigenvalue weighted by atomic mass is 10.1. The van der Waals surface area contributed by atoms with Gasteiger partial charge in [-0.25, -0.2) is 14.8 Å². The fourth-order valence-electron chi connectivity index (χ4n) is 3.30. The van der Waals surface area contributed by atoms with Crippen molar-refractivity contribution in [1.82, 2.24) is 15.0 Å². The molecule has 0 unspecified atom stereocenters. The van der Waals surface area contributed by atoms with Crippen LogP contribution in [0.15, 0.2) is 41.9 Å². The van der Waals surface area contributed by atoms with Crippen molar-refractivity contribution >= 4 is 45.6 Å². The molecule has 0 atom stereocenters. The van der Waals surface area contributed by atoms with Crippen LogP contribution in [0.2, 0.25) is 0 Å². The van der Waals surface area contributed by atoms with Gasteiger partial charge in [0.1, 0.15) is 0 Å². The number of carbonyl (C=O) groups is 1. The van der Waals surface area contributed by atoms with Crippen molar-refractivity contribution in [2.24, 2.45) is 0 Å². The maximum atomic E-state index is 12.6. The normalized spacial score (nSPS) is 14.0. The second-order valence-electron chi connectivity index (χ2n) is 6.96. The fraction of sp³-hybridized carbons (Fsp3) is 0.350. The highest BCUT2D eigenvalue weighted by Gasteiger charge is 2.16. The Kier molecular flexibility index (Phi) is 6.36. The number of carbonyl (C=O) groups excluding carboxylic acids is 1. The molecule has 1 fully saturated rings. The molecule has 2 aromatic heterocycles. The SMILES string of the molecule is Cc1ccc(NC(=O)Nc2ncc(CSc3ncc[nH]3)s2)c(N2CCCCC2)c1. The van der Waals surface area contributed by atoms with Crippen molar-refractivity contribution in [1.29, 1.82) is 0 Å². The third-order valence-electron chi connectivity index (χ3n) is 4.70. The molecule has 2 amide bonds. The average molecular weight is 429 g/mol. The quantitative estimate of drug-likeness (QED) is 0.476. The Hall–Kier alpha value is -2.52. The van der Waals surface area contributed by atoms with E-state index in [0.29, 0.717) is 5.13 Å². The van der Waals surface area contributed by atoms with E-state index in [1.165, 1.54) is 36.2 Å². The molecule has 0 saturated carbocycles. The molecule has 29 heavy (non-hydrogen) atoms. The van der Waals surface area contributed by atoms with Crippen LogP contribution < -0.4 is 15.5 Å². The van der Waals surface area contributed by atoms with Crippen LogP contribution in [0.1, 0.15) is 29.7 Å². The number of benzene rings is 1. The number of nitrogens with zero attached hydrogens (tertiary/aromatic N) is 3. The van der Waals surface area contributed by atoms with Crippen LogP contribution in [0.4, 0.5) is 21.3 Å². The summed E-state index contributed by atoms with van der Waals surface area (Å²) in [7, 11) is 0. The molecule has 1 aliphatic rings. The van der Waals surface area contributed by atoms with Gasteiger partial charge in [-0.05, 0) is 43.9 Å². The van der Waals surface area contributed by atoms with Gasteiger partial charge in [-0.2, -0.15) is 0 Å². The number of aromatic nitrogens is 3. The Labute approximate surface area is 178 Å². The van der Waals surface area contributed by atoms with E-state index in [4.69, 9.17) is 0 Å². The number of nitrogens with one attached hydrogen (secondary N) is 3. The third kappa shape index (κ3) is 5.30. The zero-order chi connectivity index (χ0) is 20.1. The van der Waals surface area contributed by atoms with Gasteiger partial charge in [0.2, 0.25) is 0 Å². The number of piperidine rings is 1. The van der Waals surface area contributed by atoms with E-state index in [-0.39, 0.29) is 6.03 Å². The zero-order valence-electron chi connectivity index (χ0n) is 16.3. The second-order valence-corrected chi connectivity index (χ2v) is 9.04. The topological polar surface area (TPSA) is 85.9 Å². The van der Waals surface area contributed by atoms with Gasteiger partial charge in [-0.1, -0.05) is 17.8 Å². The third-order valence-corrected chi connectivity index (χ3v) is 6.74. The first-order valence-corrected chi connectivity index (χ1v) is 11.5. The molecule has 7 nitrogen and oxygen atoms in total. The van der Waals surface area contributed by atoms with Gasteiger partial charge in [0, 0.05) is 42.3 Å². The van der Waals surface area contributed by atoms with Crippen LogP contribution in [0.25, 0.3) is 0 Å². The van der Waals surface area contributed by atoms with Crippen LogP contribution >= 0.6 is 23.1 Å². The molecule has 3 heterocycles. The molecule has 9 heteroatoms. The summed E-state index contributed by atoms with van der Waals surface area (Å²) in [5, 5.41) is 7.31. The molecule has 0 bridgehead atoms. The number of amides is 2. The number of thioether (sulfide) groups is 1. The minimum Gasteiger partial charge on any atom is -0.370 e. The van der Waals surface area contributed by atoms with Crippen molar-refractivity contribution in [3.05, 3.63) is 47.2 Å². The van der Waals surface area contributed by atoms with Gasteiger partial charge in [0.15, 0.2) is 10.3 Å². The predicted molar refractivity (Wildman–Crippen MR) is 120 cm³/mol. The van der Waals surface area contributed by atoms with E-state index in [0.717, 1.165) is 40.3 Å². The van der Waals surface area contributed by atoms with E-state index < -0.39 is 0 Å². The highest BCUT2D eigenvalue weighted by Crippen LogP contribution is 2.30. The summed E-state index contributed by atoms with van der Waals surface area (Å²) in [6.45, 7) is 4.14. The number of rotatable bonds is 6. The van der Waals surface area contributed by atoms with Gasteiger partial charge in [-0.3, -0.25) is 5.32 Å². The van der Waals surface area contributed by atoms with Gasteiger partial charge in [0.05, 0.1) is 11.4 Å². The highest BCUT2D eigenvalue weighted by molar-refractivity contribution is 7.98. The molecule has 1 saturated heterocycles. The average Bonchev–Trinajstić information content (AvgIpc) is 3.40. The summed E-state index contributed by atoms with van der Waals surface area (Å²) in [5.41, 5.74) is 3.12. The lowest BCUT2D eigenvalue weighted by Crippen LogP contribution is -2.31. The van der Waals surface area contributed by atoms with Crippen LogP contribution in [0.5, 0.6) is 0 Å². The molecule has 0 radical (unpaired) electrons. The summed E-state index contributed by atoms with van der Waals surface area (Å²) in [6.07, 6.45) is 8.98. The Bertz CT molecular complexity index is 950. The van der Waals surface area contributed by atoms with Gasteiger partial charge in [-0.15, -0.1) is 11.3 Å². The molecule has 1 aromatic carbocycles. The molecule has 1 aliphatic heterocycles. The Morgan fingerprint density at radius 3 is 2.90 bits per heavy atom. The summed E-state index contributed by atoms with van der Waals surface area (Å²) >= 11 is 3.08. The lowest BCUT2D eigenvalue weighted by Gasteiger charge is -2.30. The van der Waals surface area contributed by atoms with Crippen molar-refractivity contribution in [2.75, 3.05) is 28.6 Å². The van der Waals surface area contributed by atoms with Crippen LogP contribution in [-0.4, -0.2) is 34.1 Å². The number of urea groups is 1. The van der Waals surface area contributed by atoms with Gasteiger partial charge < -0.3 is 15.2 Å². The number of aryl methyl sites for hydroxylation is 1. The summed E-state index contributed by atoms with van der Waals surface area (Å²) < 4.78 is 0. The molecule has 0 spiro atoms. The first-order chi connectivity index (χ1) is 14.2. The first-order valence-electron chi connectivity index (χ1n) is 9.68. The highest BCUT2D eigenvalue weighted by atomic mass is 32.2. The number of aromatic amines is 1. The number of hydrogen-bond acceptors (Lipinski definition) is 6. The number of imidazole rings is 1. The Morgan fingerprint density at radius 2 is 2.10 bits per heavy atom. The molecule has 152 valence electrons. The Morgan fingerprint density at radius 1 is 1.24 bits per heavy atom. The van der Waals surface area contributed by atoms with Gasteiger partial charge >= 0.3 is 6.03 Å². The zero-order valence-corrected chi connectivity index (χ0v) is 17.9. The van der Waals surface area contributed by atoms with Crippen molar-refractivity contribution < 1.29 is 4.79 Å². The van der Waals surface area contributed by atoms with Crippen LogP contribution in [0, 0.1) is 6.92 Å². The predicted octanol–water partition coefficient (Wildman–Crippen LogP) is 5.10. The van der Waals surface area contributed by atoms with E-state index in [2.05, 4.69) is 43.5 Å². The van der Waals surface area contributed by atoms with Crippen molar-refractivity contribution in [3.8, 4) is 0 Å². The maximum Gasteiger partial charge on any atom is 0.325 e. The molecule has 0 aliphatic carbocycles. The molecule has 3 N–H and O–H groups in total. The fourth-order valence-corrected chi connectivity index (χ4v) is 4.95. The largest absolute Gasteiger partial charge is 0.370 e. The molecular weight excluding hydrogens is 404 g/mol. The van der Waals surface area contributed by atoms with Crippen LogP contribution in [-0.2, 0) is 5.75 Å².